The maximum Gasteiger partial charge on any atom is 0.222 e. The average molecular weight is 345 g/mol. The number of hydrogen-bond donors (Lipinski definition) is 2. The number of carbonyl (C=O) groups is 1. The van der Waals surface area contributed by atoms with Crippen LogP contribution in [-0.2, 0) is 11.3 Å². The van der Waals surface area contributed by atoms with Gasteiger partial charge in [0, 0.05) is 32.6 Å². The summed E-state index contributed by atoms with van der Waals surface area (Å²) in [7, 11) is 0. The quantitative estimate of drug-likeness (QED) is 0.454. The Labute approximate surface area is 151 Å². The molecular weight excluding hydrogens is 312 g/mol. The minimum atomic E-state index is 0.297. The summed E-state index contributed by atoms with van der Waals surface area (Å²) in [6.07, 6.45) is 2.66. The molecule has 1 aliphatic rings. The summed E-state index contributed by atoms with van der Waals surface area (Å²) in [4.78, 5) is 18.3. The number of nitrogens with zero attached hydrogens (tertiary/aromatic N) is 2. The van der Waals surface area contributed by atoms with E-state index in [1.807, 2.05) is 4.90 Å². The van der Waals surface area contributed by atoms with Crippen molar-refractivity contribution >= 4 is 11.9 Å². The van der Waals surface area contributed by atoms with Gasteiger partial charge in [0.1, 0.15) is 0 Å². The van der Waals surface area contributed by atoms with E-state index in [0.717, 1.165) is 45.0 Å². The highest BCUT2D eigenvalue weighted by atomic mass is 16.2. The number of rotatable bonds is 7. The van der Waals surface area contributed by atoms with E-state index < -0.39 is 0 Å². The largest absolute Gasteiger partial charge is 0.357 e. The van der Waals surface area contributed by atoms with E-state index in [1.54, 1.807) is 0 Å². The minimum Gasteiger partial charge on any atom is -0.357 e. The van der Waals surface area contributed by atoms with Gasteiger partial charge in [-0.1, -0.05) is 17.7 Å². The molecule has 0 bridgehead atoms. The first kappa shape index (κ1) is 19.3. The third-order valence-corrected chi connectivity index (χ3v) is 4.65. The Kier molecular flexibility index (Phi) is 7.29. The van der Waals surface area contributed by atoms with E-state index in [0.29, 0.717) is 18.9 Å². The molecular formula is C20H32N4O. The van der Waals surface area contributed by atoms with Gasteiger partial charge in [-0.3, -0.25) is 4.79 Å². The predicted octanol–water partition coefficient (Wildman–Crippen LogP) is 2.68. The minimum absolute atomic E-state index is 0.297. The molecule has 2 rings (SSSR count). The third-order valence-electron chi connectivity index (χ3n) is 4.65. The number of guanidine groups is 1. The monoisotopic (exact) mass is 344 g/mol. The van der Waals surface area contributed by atoms with Crippen LogP contribution in [0.15, 0.2) is 17.1 Å². The molecule has 0 aromatic heterocycles. The van der Waals surface area contributed by atoms with Crippen LogP contribution >= 0.6 is 0 Å². The fraction of sp³-hybridized carbons (Fsp3) is 0.600. The Morgan fingerprint density at radius 3 is 2.52 bits per heavy atom. The van der Waals surface area contributed by atoms with Gasteiger partial charge in [0.2, 0.25) is 5.91 Å². The van der Waals surface area contributed by atoms with Crippen molar-refractivity contribution < 1.29 is 4.79 Å². The highest BCUT2D eigenvalue weighted by molar-refractivity contribution is 5.80. The molecule has 138 valence electrons. The Morgan fingerprint density at radius 1 is 1.20 bits per heavy atom. The molecule has 1 amide bonds. The smallest absolute Gasteiger partial charge is 0.222 e. The molecule has 1 saturated heterocycles. The highest BCUT2D eigenvalue weighted by Crippen LogP contribution is 2.17. The zero-order valence-corrected chi connectivity index (χ0v) is 16.1. The molecule has 1 fully saturated rings. The van der Waals surface area contributed by atoms with Crippen LogP contribution in [0.25, 0.3) is 0 Å². The SMILES string of the molecule is CCNC(=NCc1c(C)cc(C)cc1C)NCCCN1CCCC1=O. The number of likely N-dealkylation sites (tertiary alicyclic amines) is 1. The fourth-order valence-corrected chi connectivity index (χ4v) is 3.38. The number of aliphatic imine (C=N–C) groups is 1. The molecule has 1 aromatic rings. The van der Waals surface area contributed by atoms with Gasteiger partial charge in [-0.15, -0.1) is 0 Å². The lowest BCUT2D eigenvalue weighted by atomic mass is 10.00. The van der Waals surface area contributed by atoms with Gasteiger partial charge in [-0.2, -0.15) is 0 Å². The Balaban J connectivity index is 1.86. The maximum absolute atomic E-state index is 11.6. The number of nitrogens with one attached hydrogen (secondary N) is 2. The molecule has 5 nitrogen and oxygen atoms in total. The molecule has 25 heavy (non-hydrogen) atoms. The van der Waals surface area contributed by atoms with E-state index in [1.165, 1.54) is 22.3 Å². The van der Waals surface area contributed by atoms with E-state index in [2.05, 4.69) is 50.5 Å². The summed E-state index contributed by atoms with van der Waals surface area (Å²) in [6, 6.07) is 4.43. The van der Waals surface area contributed by atoms with Crippen molar-refractivity contribution in [1.29, 1.82) is 0 Å². The van der Waals surface area contributed by atoms with E-state index >= 15 is 0 Å². The van der Waals surface area contributed by atoms with Crippen molar-refractivity contribution in [2.24, 2.45) is 4.99 Å². The number of carbonyl (C=O) groups excluding carboxylic acids is 1. The second-order valence-corrected chi connectivity index (χ2v) is 6.84. The summed E-state index contributed by atoms with van der Waals surface area (Å²) >= 11 is 0. The summed E-state index contributed by atoms with van der Waals surface area (Å²) in [5.41, 5.74) is 5.18. The molecule has 1 aromatic carbocycles. The van der Waals surface area contributed by atoms with Gasteiger partial charge in [0.05, 0.1) is 6.54 Å². The van der Waals surface area contributed by atoms with Crippen molar-refractivity contribution in [3.63, 3.8) is 0 Å². The molecule has 0 saturated carbocycles. The lowest BCUT2D eigenvalue weighted by Gasteiger charge is -2.17. The molecule has 1 heterocycles. The van der Waals surface area contributed by atoms with Crippen LogP contribution in [0.2, 0.25) is 0 Å². The second-order valence-electron chi connectivity index (χ2n) is 6.84. The van der Waals surface area contributed by atoms with Gasteiger partial charge >= 0.3 is 0 Å². The zero-order valence-electron chi connectivity index (χ0n) is 16.1. The summed E-state index contributed by atoms with van der Waals surface area (Å²) < 4.78 is 0. The highest BCUT2D eigenvalue weighted by Gasteiger charge is 2.18. The topological polar surface area (TPSA) is 56.7 Å². The zero-order chi connectivity index (χ0) is 18.2. The molecule has 0 aliphatic carbocycles. The van der Waals surface area contributed by atoms with E-state index in [-0.39, 0.29) is 0 Å². The van der Waals surface area contributed by atoms with E-state index in [4.69, 9.17) is 4.99 Å². The van der Waals surface area contributed by atoms with E-state index in [9.17, 15) is 4.79 Å². The van der Waals surface area contributed by atoms with Crippen LogP contribution in [-0.4, -0.2) is 42.9 Å². The second kappa shape index (κ2) is 9.44. The molecule has 2 N–H and O–H groups in total. The van der Waals surface area contributed by atoms with Gasteiger partial charge < -0.3 is 15.5 Å². The van der Waals surface area contributed by atoms with Gasteiger partial charge in [0.15, 0.2) is 5.96 Å². The first-order valence-corrected chi connectivity index (χ1v) is 9.38. The van der Waals surface area contributed by atoms with Gasteiger partial charge in [0.25, 0.3) is 0 Å². The molecule has 1 aliphatic heterocycles. The lowest BCUT2D eigenvalue weighted by molar-refractivity contribution is -0.127. The van der Waals surface area contributed by atoms with Crippen molar-refractivity contribution in [2.75, 3.05) is 26.2 Å². The molecule has 5 heteroatoms. The summed E-state index contributed by atoms with van der Waals surface area (Å²) in [5, 5.41) is 6.68. The standard InChI is InChI=1S/C20H32N4O/c1-5-21-20(22-9-7-11-24-10-6-8-19(24)25)23-14-18-16(3)12-15(2)13-17(18)4/h12-13H,5-11,14H2,1-4H3,(H2,21,22,23). The first-order valence-electron chi connectivity index (χ1n) is 9.38. The van der Waals surface area contributed by atoms with Crippen molar-refractivity contribution in [2.45, 2.75) is 53.5 Å². The fourth-order valence-electron chi connectivity index (χ4n) is 3.38. The van der Waals surface area contributed by atoms with Crippen LogP contribution in [0.5, 0.6) is 0 Å². The van der Waals surface area contributed by atoms with Gasteiger partial charge in [-0.05, 0) is 57.2 Å². The number of aryl methyl sites for hydroxylation is 3. The third kappa shape index (κ3) is 5.76. The van der Waals surface area contributed by atoms with Crippen LogP contribution < -0.4 is 10.6 Å². The Bertz CT molecular complexity index is 601. The lowest BCUT2D eigenvalue weighted by Crippen LogP contribution is -2.39. The predicted molar refractivity (Wildman–Crippen MR) is 104 cm³/mol. The van der Waals surface area contributed by atoms with Crippen molar-refractivity contribution in [3.05, 3.63) is 34.4 Å². The van der Waals surface area contributed by atoms with Crippen molar-refractivity contribution in [1.82, 2.24) is 15.5 Å². The van der Waals surface area contributed by atoms with Crippen molar-refractivity contribution in [3.8, 4) is 0 Å². The average Bonchev–Trinajstić information content (AvgIpc) is 2.95. The maximum atomic E-state index is 11.6. The van der Waals surface area contributed by atoms with Crippen LogP contribution in [0.1, 0.15) is 48.4 Å². The molecule has 0 spiro atoms. The molecule has 0 unspecified atom stereocenters. The number of amides is 1. The Morgan fingerprint density at radius 2 is 1.92 bits per heavy atom. The van der Waals surface area contributed by atoms with Crippen LogP contribution in [0.3, 0.4) is 0 Å². The first-order chi connectivity index (χ1) is 12.0. The number of hydrogen-bond acceptors (Lipinski definition) is 2. The van der Waals surface area contributed by atoms with Gasteiger partial charge in [-0.25, -0.2) is 4.99 Å². The number of benzene rings is 1. The summed E-state index contributed by atoms with van der Waals surface area (Å²) in [6.45, 7) is 12.6. The normalized spacial score (nSPS) is 15.0. The van der Waals surface area contributed by atoms with Crippen LogP contribution in [0, 0.1) is 20.8 Å². The Hall–Kier alpha value is -2.04. The molecule has 0 atom stereocenters. The molecule has 0 radical (unpaired) electrons. The summed E-state index contributed by atoms with van der Waals surface area (Å²) in [5.74, 6) is 1.14. The van der Waals surface area contributed by atoms with Crippen LogP contribution in [0.4, 0.5) is 0 Å².